The SMILES string of the molecule is CCNC(Cc1ccoc1)c1sccc1Cl. The van der Waals surface area contributed by atoms with Gasteiger partial charge in [0.05, 0.1) is 17.5 Å². The highest BCUT2D eigenvalue weighted by Crippen LogP contribution is 2.30. The minimum absolute atomic E-state index is 0.273. The average Bonchev–Trinajstić information content (AvgIpc) is 2.88. The Kier molecular flexibility index (Phi) is 4.04. The Bertz CT molecular complexity index is 424. The van der Waals surface area contributed by atoms with Crippen molar-refractivity contribution in [3.8, 4) is 0 Å². The molecule has 0 aliphatic heterocycles. The number of thiophene rings is 1. The summed E-state index contributed by atoms with van der Waals surface area (Å²) in [5, 5.41) is 6.32. The molecule has 0 aliphatic carbocycles. The number of furan rings is 1. The minimum atomic E-state index is 0.273. The highest BCUT2D eigenvalue weighted by atomic mass is 35.5. The van der Waals surface area contributed by atoms with E-state index in [4.69, 9.17) is 16.0 Å². The van der Waals surface area contributed by atoms with Gasteiger partial charge < -0.3 is 9.73 Å². The van der Waals surface area contributed by atoms with Gasteiger partial charge in [0, 0.05) is 10.9 Å². The van der Waals surface area contributed by atoms with Crippen molar-refractivity contribution in [3.63, 3.8) is 0 Å². The van der Waals surface area contributed by atoms with E-state index in [0.29, 0.717) is 0 Å². The normalized spacial score (nSPS) is 12.9. The van der Waals surface area contributed by atoms with Crippen molar-refractivity contribution in [2.45, 2.75) is 19.4 Å². The van der Waals surface area contributed by atoms with E-state index in [1.54, 1.807) is 23.9 Å². The van der Waals surface area contributed by atoms with Crippen molar-refractivity contribution in [2.24, 2.45) is 0 Å². The summed E-state index contributed by atoms with van der Waals surface area (Å²) in [5.41, 5.74) is 1.19. The van der Waals surface area contributed by atoms with Crippen molar-refractivity contribution in [1.29, 1.82) is 0 Å². The monoisotopic (exact) mass is 255 g/mol. The second-order valence-electron chi connectivity index (χ2n) is 3.58. The molecule has 0 saturated heterocycles. The summed E-state index contributed by atoms with van der Waals surface area (Å²) < 4.78 is 5.08. The molecule has 0 fully saturated rings. The van der Waals surface area contributed by atoms with Gasteiger partial charge in [0.1, 0.15) is 0 Å². The van der Waals surface area contributed by atoms with Crippen molar-refractivity contribution in [3.05, 3.63) is 45.5 Å². The Morgan fingerprint density at radius 3 is 2.94 bits per heavy atom. The molecule has 86 valence electrons. The molecule has 2 nitrogen and oxygen atoms in total. The Balaban J connectivity index is 2.14. The number of hydrogen-bond acceptors (Lipinski definition) is 3. The average molecular weight is 256 g/mol. The Morgan fingerprint density at radius 2 is 2.38 bits per heavy atom. The lowest BCUT2D eigenvalue weighted by Crippen LogP contribution is -2.22. The van der Waals surface area contributed by atoms with Crippen LogP contribution in [0.15, 0.2) is 34.5 Å². The topological polar surface area (TPSA) is 25.2 Å². The number of likely N-dealkylation sites (N-methyl/N-ethyl adjacent to an activating group) is 1. The van der Waals surface area contributed by atoms with Gasteiger partial charge in [-0.25, -0.2) is 0 Å². The van der Waals surface area contributed by atoms with E-state index >= 15 is 0 Å². The summed E-state index contributed by atoms with van der Waals surface area (Å²) in [7, 11) is 0. The third-order valence-electron chi connectivity index (χ3n) is 2.43. The van der Waals surface area contributed by atoms with Gasteiger partial charge in [-0.1, -0.05) is 18.5 Å². The number of rotatable bonds is 5. The van der Waals surface area contributed by atoms with Crippen LogP contribution in [-0.2, 0) is 6.42 Å². The lowest BCUT2D eigenvalue weighted by molar-refractivity contribution is 0.540. The molecule has 2 aromatic rings. The van der Waals surface area contributed by atoms with E-state index in [1.807, 2.05) is 17.5 Å². The maximum absolute atomic E-state index is 6.16. The molecule has 1 unspecified atom stereocenters. The van der Waals surface area contributed by atoms with Gasteiger partial charge in [0.15, 0.2) is 0 Å². The third-order valence-corrected chi connectivity index (χ3v) is 3.90. The van der Waals surface area contributed by atoms with Crippen LogP contribution in [0.2, 0.25) is 5.02 Å². The van der Waals surface area contributed by atoms with Crippen LogP contribution in [0.25, 0.3) is 0 Å². The molecule has 2 rings (SSSR count). The van der Waals surface area contributed by atoms with Gasteiger partial charge in [-0.05, 0) is 36.0 Å². The third kappa shape index (κ3) is 2.67. The zero-order valence-corrected chi connectivity index (χ0v) is 10.6. The van der Waals surface area contributed by atoms with E-state index in [2.05, 4.69) is 12.2 Å². The summed E-state index contributed by atoms with van der Waals surface area (Å²) >= 11 is 7.85. The van der Waals surface area contributed by atoms with Gasteiger partial charge >= 0.3 is 0 Å². The smallest absolute Gasteiger partial charge is 0.0935 e. The van der Waals surface area contributed by atoms with E-state index in [9.17, 15) is 0 Å². The maximum atomic E-state index is 6.16. The molecule has 2 aromatic heterocycles. The molecule has 0 spiro atoms. The van der Waals surface area contributed by atoms with Crippen molar-refractivity contribution >= 4 is 22.9 Å². The molecular formula is C12H14ClNOS. The Hall–Kier alpha value is -0.770. The second kappa shape index (κ2) is 5.53. The Labute approximate surface area is 104 Å². The molecule has 2 heterocycles. The quantitative estimate of drug-likeness (QED) is 0.877. The van der Waals surface area contributed by atoms with E-state index in [1.165, 1.54) is 10.4 Å². The van der Waals surface area contributed by atoms with Gasteiger partial charge in [-0.2, -0.15) is 0 Å². The summed E-state index contributed by atoms with van der Waals surface area (Å²) in [6, 6.07) is 4.21. The largest absolute Gasteiger partial charge is 0.472 e. The second-order valence-corrected chi connectivity index (χ2v) is 4.93. The lowest BCUT2D eigenvalue weighted by atomic mass is 10.1. The zero-order valence-electron chi connectivity index (χ0n) is 9.07. The molecule has 0 aliphatic rings. The first-order valence-electron chi connectivity index (χ1n) is 5.28. The fourth-order valence-corrected chi connectivity index (χ4v) is 2.97. The number of hydrogen-bond donors (Lipinski definition) is 1. The minimum Gasteiger partial charge on any atom is -0.472 e. The van der Waals surface area contributed by atoms with Crippen LogP contribution in [0.3, 0.4) is 0 Å². The van der Waals surface area contributed by atoms with E-state index in [0.717, 1.165) is 18.0 Å². The first kappa shape index (κ1) is 11.7. The molecular weight excluding hydrogens is 242 g/mol. The maximum Gasteiger partial charge on any atom is 0.0935 e. The van der Waals surface area contributed by atoms with Gasteiger partial charge in [0.25, 0.3) is 0 Å². The van der Waals surface area contributed by atoms with Crippen LogP contribution in [0, 0.1) is 0 Å². The van der Waals surface area contributed by atoms with Crippen molar-refractivity contribution in [1.82, 2.24) is 5.32 Å². The first-order chi connectivity index (χ1) is 7.81. The molecule has 0 amide bonds. The molecule has 0 bridgehead atoms. The van der Waals surface area contributed by atoms with Crippen LogP contribution in [0.5, 0.6) is 0 Å². The zero-order chi connectivity index (χ0) is 11.4. The van der Waals surface area contributed by atoms with E-state index in [-0.39, 0.29) is 6.04 Å². The summed E-state index contributed by atoms with van der Waals surface area (Å²) in [5.74, 6) is 0. The van der Waals surface area contributed by atoms with E-state index < -0.39 is 0 Å². The van der Waals surface area contributed by atoms with Gasteiger partial charge in [-0.15, -0.1) is 11.3 Å². The molecule has 1 atom stereocenters. The molecule has 0 aromatic carbocycles. The fraction of sp³-hybridized carbons (Fsp3) is 0.333. The lowest BCUT2D eigenvalue weighted by Gasteiger charge is -2.16. The van der Waals surface area contributed by atoms with Crippen LogP contribution in [0.1, 0.15) is 23.4 Å². The number of halogens is 1. The Morgan fingerprint density at radius 1 is 1.50 bits per heavy atom. The fourth-order valence-electron chi connectivity index (χ4n) is 1.70. The number of nitrogens with one attached hydrogen (secondary N) is 1. The predicted octanol–water partition coefficient (Wildman–Crippen LogP) is 3.89. The summed E-state index contributed by atoms with van der Waals surface area (Å²) in [4.78, 5) is 1.20. The van der Waals surface area contributed by atoms with Crippen LogP contribution in [0.4, 0.5) is 0 Å². The van der Waals surface area contributed by atoms with Gasteiger partial charge in [-0.3, -0.25) is 0 Å². The van der Waals surface area contributed by atoms with Crippen LogP contribution >= 0.6 is 22.9 Å². The standard InChI is InChI=1S/C12H14ClNOS/c1-2-14-11(7-9-3-5-15-8-9)12-10(13)4-6-16-12/h3-6,8,11,14H,2,7H2,1H3. The predicted molar refractivity (Wildman–Crippen MR) is 68.2 cm³/mol. The first-order valence-corrected chi connectivity index (χ1v) is 6.54. The summed E-state index contributed by atoms with van der Waals surface area (Å²) in [6.07, 6.45) is 4.39. The highest BCUT2D eigenvalue weighted by Gasteiger charge is 2.16. The molecule has 0 saturated carbocycles. The summed E-state index contributed by atoms with van der Waals surface area (Å²) in [6.45, 7) is 3.03. The molecule has 16 heavy (non-hydrogen) atoms. The highest BCUT2D eigenvalue weighted by molar-refractivity contribution is 7.10. The van der Waals surface area contributed by atoms with Crippen LogP contribution < -0.4 is 5.32 Å². The van der Waals surface area contributed by atoms with Crippen molar-refractivity contribution < 1.29 is 4.42 Å². The molecule has 4 heteroatoms. The van der Waals surface area contributed by atoms with Gasteiger partial charge in [0.2, 0.25) is 0 Å². The molecule has 1 N–H and O–H groups in total. The molecule has 0 radical (unpaired) electrons. The van der Waals surface area contributed by atoms with Crippen LogP contribution in [-0.4, -0.2) is 6.54 Å². The van der Waals surface area contributed by atoms with Crippen molar-refractivity contribution in [2.75, 3.05) is 6.54 Å².